The van der Waals surface area contributed by atoms with Crippen molar-refractivity contribution in [3.05, 3.63) is 0 Å². The van der Waals surface area contributed by atoms with Gasteiger partial charge in [0.15, 0.2) is 0 Å². The van der Waals surface area contributed by atoms with Crippen LogP contribution in [0.5, 0.6) is 0 Å². The van der Waals surface area contributed by atoms with Crippen LogP contribution in [0.4, 0.5) is 0 Å². The zero-order valence-electron chi connectivity index (χ0n) is 10.6. The molecule has 0 aromatic rings. The number of nitrogens with two attached hydrogens (primary N) is 1. The molecule has 0 aromatic carbocycles. The number of likely N-dealkylation sites (tertiary alicyclic amines) is 1. The molecule has 0 aliphatic carbocycles. The molecular weight excluding hydrogens is 204 g/mol. The maximum atomic E-state index is 12.1. The van der Waals surface area contributed by atoms with Crippen LogP contribution in [0.3, 0.4) is 0 Å². The van der Waals surface area contributed by atoms with Crippen LogP contribution in [0.2, 0.25) is 0 Å². The highest BCUT2D eigenvalue weighted by atomic mass is 16.3. The smallest absolute Gasteiger partial charge is 0.227 e. The standard InChI is InChI=1S/C12H24N2O2/c1-9(2)10(8-13)11(15)14-6-4-12(3,16)5-7-14/h9-10,16H,4-8,13H2,1-3H3. The summed E-state index contributed by atoms with van der Waals surface area (Å²) in [6.07, 6.45) is 1.32. The van der Waals surface area contributed by atoms with Crippen LogP contribution in [0.1, 0.15) is 33.6 Å². The molecule has 16 heavy (non-hydrogen) atoms. The average molecular weight is 228 g/mol. The number of hydrogen-bond donors (Lipinski definition) is 2. The fourth-order valence-electron chi connectivity index (χ4n) is 2.10. The predicted molar refractivity (Wildman–Crippen MR) is 63.8 cm³/mol. The van der Waals surface area contributed by atoms with Crippen molar-refractivity contribution in [3.63, 3.8) is 0 Å². The molecule has 1 aliphatic rings. The monoisotopic (exact) mass is 228 g/mol. The number of amides is 1. The molecule has 1 rings (SSSR count). The number of aliphatic hydroxyl groups is 1. The second kappa shape index (κ2) is 5.15. The summed E-state index contributed by atoms with van der Waals surface area (Å²) >= 11 is 0. The number of rotatable bonds is 3. The molecule has 0 bridgehead atoms. The summed E-state index contributed by atoms with van der Waals surface area (Å²) in [7, 11) is 0. The van der Waals surface area contributed by atoms with Crippen LogP contribution in [0, 0.1) is 11.8 Å². The molecule has 4 nitrogen and oxygen atoms in total. The lowest BCUT2D eigenvalue weighted by molar-refractivity contribution is -0.140. The first-order valence-corrected chi connectivity index (χ1v) is 6.08. The minimum atomic E-state index is -0.604. The highest BCUT2D eigenvalue weighted by molar-refractivity contribution is 5.79. The van der Waals surface area contributed by atoms with Gasteiger partial charge in [-0.3, -0.25) is 4.79 Å². The number of piperidine rings is 1. The Morgan fingerprint density at radius 2 is 1.94 bits per heavy atom. The van der Waals surface area contributed by atoms with Crippen molar-refractivity contribution in [1.29, 1.82) is 0 Å². The number of nitrogens with zero attached hydrogens (tertiary/aromatic N) is 1. The Bertz CT molecular complexity index is 241. The summed E-state index contributed by atoms with van der Waals surface area (Å²) in [6.45, 7) is 7.58. The van der Waals surface area contributed by atoms with Crippen molar-refractivity contribution in [3.8, 4) is 0 Å². The van der Waals surface area contributed by atoms with Gasteiger partial charge in [-0.15, -0.1) is 0 Å². The largest absolute Gasteiger partial charge is 0.390 e. The van der Waals surface area contributed by atoms with Gasteiger partial charge in [0.25, 0.3) is 0 Å². The van der Waals surface area contributed by atoms with Crippen molar-refractivity contribution in [2.45, 2.75) is 39.2 Å². The van der Waals surface area contributed by atoms with E-state index in [-0.39, 0.29) is 17.7 Å². The summed E-state index contributed by atoms with van der Waals surface area (Å²) in [5.74, 6) is 0.344. The highest BCUT2D eigenvalue weighted by Crippen LogP contribution is 2.23. The van der Waals surface area contributed by atoms with Crippen molar-refractivity contribution < 1.29 is 9.90 Å². The molecule has 0 radical (unpaired) electrons. The minimum Gasteiger partial charge on any atom is -0.390 e. The molecule has 94 valence electrons. The quantitative estimate of drug-likeness (QED) is 0.743. The number of hydrogen-bond acceptors (Lipinski definition) is 3. The van der Waals surface area contributed by atoms with E-state index in [1.165, 1.54) is 0 Å². The molecule has 3 N–H and O–H groups in total. The topological polar surface area (TPSA) is 66.6 Å². The van der Waals surface area contributed by atoms with E-state index in [2.05, 4.69) is 0 Å². The summed E-state index contributed by atoms with van der Waals surface area (Å²) < 4.78 is 0. The predicted octanol–water partition coefficient (Wildman–Crippen LogP) is 0.591. The SMILES string of the molecule is CC(C)C(CN)C(=O)N1CCC(C)(O)CC1. The fraction of sp³-hybridized carbons (Fsp3) is 0.917. The Kier molecular flexibility index (Phi) is 4.33. The third-order valence-electron chi connectivity index (χ3n) is 3.53. The third-order valence-corrected chi connectivity index (χ3v) is 3.53. The average Bonchev–Trinajstić information content (AvgIpc) is 2.17. The third kappa shape index (κ3) is 3.19. The molecule has 1 aliphatic heterocycles. The molecule has 1 saturated heterocycles. The lowest BCUT2D eigenvalue weighted by Gasteiger charge is -2.37. The number of carbonyl (C=O) groups is 1. The minimum absolute atomic E-state index is 0.0805. The fourth-order valence-corrected chi connectivity index (χ4v) is 2.10. The highest BCUT2D eigenvalue weighted by Gasteiger charge is 2.32. The van der Waals surface area contributed by atoms with Gasteiger partial charge >= 0.3 is 0 Å². The number of carbonyl (C=O) groups excluding carboxylic acids is 1. The van der Waals surface area contributed by atoms with Crippen molar-refractivity contribution in [2.24, 2.45) is 17.6 Å². The zero-order valence-corrected chi connectivity index (χ0v) is 10.6. The van der Waals surface area contributed by atoms with Gasteiger partial charge in [0.2, 0.25) is 5.91 Å². The van der Waals surface area contributed by atoms with E-state index < -0.39 is 5.60 Å². The molecule has 1 heterocycles. The normalized spacial score (nSPS) is 22.2. The molecule has 0 spiro atoms. The van der Waals surface area contributed by atoms with Crippen LogP contribution >= 0.6 is 0 Å². The molecule has 1 fully saturated rings. The van der Waals surface area contributed by atoms with E-state index in [0.29, 0.717) is 32.5 Å². The van der Waals surface area contributed by atoms with E-state index in [4.69, 9.17) is 5.73 Å². The maximum absolute atomic E-state index is 12.1. The molecule has 0 aromatic heterocycles. The van der Waals surface area contributed by atoms with Crippen LogP contribution in [-0.2, 0) is 4.79 Å². The van der Waals surface area contributed by atoms with E-state index in [1.54, 1.807) is 0 Å². The van der Waals surface area contributed by atoms with Crippen molar-refractivity contribution >= 4 is 5.91 Å². The first-order valence-electron chi connectivity index (χ1n) is 6.08. The van der Waals surface area contributed by atoms with Gasteiger partial charge in [0.1, 0.15) is 0 Å². The first kappa shape index (κ1) is 13.5. The second-order valence-corrected chi connectivity index (χ2v) is 5.41. The zero-order chi connectivity index (χ0) is 12.3. The first-order chi connectivity index (χ1) is 7.37. The molecule has 0 saturated carbocycles. The lowest BCUT2D eigenvalue weighted by Crippen LogP contribution is -2.49. The Balaban J connectivity index is 2.56. The molecule has 1 atom stereocenters. The maximum Gasteiger partial charge on any atom is 0.227 e. The van der Waals surface area contributed by atoms with Crippen LogP contribution in [-0.4, -0.2) is 41.1 Å². The van der Waals surface area contributed by atoms with E-state index in [1.807, 2.05) is 25.7 Å². The van der Waals surface area contributed by atoms with Gasteiger partial charge in [0, 0.05) is 19.6 Å². The van der Waals surface area contributed by atoms with Crippen molar-refractivity contribution in [2.75, 3.05) is 19.6 Å². The van der Waals surface area contributed by atoms with Gasteiger partial charge in [-0.2, -0.15) is 0 Å². The Morgan fingerprint density at radius 3 is 2.31 bits per heavy atom. The van der Waals surface area contributed by atoms with Gasteiger partial charge in [0.05, 0.1) is 11.5 Å². The summed E-state index contributed by atoms with van der Waals surface area (Å²) in [5.41, 5.74) is 5.03. The van der Waals surface area contributed by atoms with Crippen LogP contribution in [0.15, 0.2) is 0 Å². The van der Waals surface area contributed by atoms with Gasteiger partial charge in [-0.1, -0.05) is 13.8 Å². The Morgan fingerprint density at radius 1 is 1.44 bits per heavy atom. The Labute approximate surface area is 97.8 Å². The van der Waals surface area contributed by atoms with Crippen LogP contribution in [0.25, 0.3) is 0 Å². The van der Waals surface area contributed by atoms with Gasteiger partial charge in [-0.25, -0.2) is 0 Å². The van der Waals surface area contributed by atoms with Crippen molar-refractivity contribution in [1.82, 2.24) is 4.90 Å². The second-order valence-electron chi connectivity index (χ2n) is 5.41. The summed E-state index contributed by atoms with van der Waals surface area (Å²) in [6, 6.07) is 0. The molecule has 4 heteroatoms. The molecule has 1 unspecified atom stereocenters. The van der Waals surface area contributed by atoms with Crippen LogP contribution < -0.4 is 5.73 Å². The molecule has 1 amide bonds. The lowest BCUT2D eigenvalue weighted by atomic mass is 9.90. The summed E-state index contributed by atoms with van der Waals surface area (Å²) in [5, 5.41) is 9.82. The summed E-state index contributed by atoms with van der Waals surface area (Å²) in [4.78, 5) is 14.0. The van der Waals surface area contributed by atoms with E-state index in [0.717, 1.165) is 0 Å². The van der Waals surface area contributed by atoms with Gasteiger partial charge in [-0.05, 0) is 25.7 Å². The van der Waals surface area contributed by atoms with E-state index >= 15 is 0 Å². The van der Waals surface area contributed by atoms with E-state index in [9.17, 15) is 9.90 Å². The Hall–Kier alpha value is -0.610. The van der Waals surface area contributed by atoms with Gasteiger partial charge < -0.3 is 15.7 Å². The molecular formula is C12H24N2O2.